The molecule has 0 bridgehead atoms. The zero-order valence-electron chi connectivity index (χ0n) is 8.05. The minimum Gasteiger partial charge on any atom is -0.388 e. The highest BCUT2D eigenvalue weighted by atomic mass is 32.2. The van der Waals surface area contributed by atoms with Crippen molar-refractivity contribution in [2.24, 2.45) is 0 Å². The van der Waals surface area contributed by atoms with Crippen LogP contribution in [0.15, 0.2) is 17.0 Å². The highest BCUT2D eigenvalue weighted by Crippen LogP contribution is 2.29. The van der Waals surface area contributed by atoms with Gasteiger partial charge < -0.3 is 5.11 Å². The molecule has 0 radical (unpaired) electrons. The highest BCUT2D eigenvalue weighted by molar-refractivity contribution is 7.98. The van der Waals surface area contributed by atoms with Gasteiger partial charge in [0.25, 0.3) is 0 Å². The van der Waals surface area contributed by atoms with E-state index in [1.54, 1.807) is 13.2 Å². The van der Waals surface area contributed by atoms with Gasteiger partial charge in [0, 0.05) is 4.90 Å². The molecule has 1 N–H and O–H groups in total. The molecule has 1 aromatic rings. The molecule has 1 rings (SSSR count). The normalized spacial score (nSPS) is 12.9. The van der Waals surface area contributed by atoms with Gasteiger partial charge in [-0.05, 0) is 24.8 Å². The van der Waals surface area contributed by atoms with Crippen molar-refractivity contribution in [2.45, 2.75) is 24.3 Å². The van der Waals surface area contributed by atoms with E-state index in [0.717, 1.165) is 0 Å². The predicted molar refractivity (Wildman–Crippen MR) is 53.4 cm³/mol. The van der Waals surface area contributed by atoms with Crippen LogP contribution in [0.5, 0.6) is 0 Å². The standard InChI is InChI=1S/C10H12F2OS/c1-3-7(13)9-6(11)4-5-8(14-2)10(9)12/h4-5,7,13H,3H2,1-2H3. The molecule has 78 valence electrons. The zero-order chi connectivity index (χ0) is 10.7. The molecule has 1 unspecified atom stereocenters. The van der Waals surface area contributed by atoms with Crippen LogP contribution >= 0.6 is 11.8 Å². The number of rotatable bonds is 3. The van der Waals surface area contributed by atoms with Crippen molar-refractivity contribution in [1.82, 2.24) is 0 Å². The Morgan fingerprint density at radius 1 is 1.43 bits per heavy atom. The van der Waals surface area contributed by atoms with Crippen molar-refractivity contribution in [2.75, 3.05) is 6.26 Å². The van der Waals surface area contributed by atoms with Gasteiger partial charge in [-0.1, -0.05) is 6.92 Å². The summed E-state index contributed by atoms with van der Waals surface area (Å²) in [4.78, 5) is 0.355. The summed E-state index contributed by atoms with van der Waals surface area (Å²) in [6, 6.07) is 2.56. The number of aliphatic hydroxyl groups is 1. The Morgan fingerprint density at radius 2 is 2.07 bits per heavy atom. The van der Waals surface area contributed by atoms with Gasteiger partial charge in [-0.15, -0.1) is 11.8 Å². The van der Waals surface area contributed by atoms with E-state index < -0.39 is 17.7 Å². The quantitative estimate of drug-likeness (QED) is 0.786. The molecule has 0 heterocycles. The molecule has 0 amide bonds. The zero-order valence-corrected chi connectivity index (χ0v) is 8.87. The fraction of sp³-hybridized carbons (Fsp3) is 0.400. The van der Waals surface area contributed by atoms with Crippen molar-refractivity contribution in [3.05, 3.63) is 29.3 Å². The molecule has 0 aliphatic rings. The molecule has 4 heteroatoms. The Bertz CT molecular complexity index is 328. The molecule has 1 aromatic carbocycles. The molecule has 0 aliphatic carbocycles. The Hall–Kier alpha value is -0.610. The van der Waals surface area contributed by atoms with Crippen LogP contribution in [0, 0.1) is 11.6 Å². The molecule has 1 nitrogen and oxygen atoms in total. The van der Waals surface area contributed by atoms with Gasteiger partial charge >= 0.3 is 0 Å². The van der Waals surface area contributed by atoms with Crippen LogP contribution in [-0.2, 0) is 0 Å². The molecule has 14 heavy (non-hydrogen) atoms. The average Bonchev–Trinajstić information content (AvgIpc) is 2.18. The van der Waals surface area contributed by atoms with E-state index in [2.05, 4.69) is 0 Å². The second-order valence-corrected chi connectivity index (χ2v) is 3.75. The fourth-order valence-electron chi connectivity index (χ4n) is 1.22. The summed E-state index contributed by atoms with van der Waals surface area (Å²) in [5, 5.41) is 9.42. The van der Waals surface area contributed by atoms with E-state index in [0.29, 0.717) is 11.3 Å². The van der Waals surface area contributed by atoms with Crippen LogP contribution in [0.1, 0.15) is 25.0 Å². The van der Waals surface area contributed by atoms with Gasteiger partial charge in [0.1, 0.15) is 11.6 Å². The molecular formula is C10H12F2OS. The summed E-state index contributed by atoms with van der Waals surface area (Å²) in [6.45, 7) is 1.68. The second kappa shape index (κ2) is 4.75. The summed E-state index contributed by atoms with van der Waals surface area (Å²) in [6.07, 6.45) is 0.937. The molecule has 0 saturated heterocycles. The van der Waals surface area contributed by atoms with Gasteiger partial charge in [-0.2, -0.15) is 0 Å². The van der Waals surface area contributed by atoms with Gasteiger partial charge in [0.05, 0.1) is 11.7 Å². The fourth-order valence-corrected chi connectivity index (χ4v) is 1.71. The molecule has 0 saturated carbocycles. The number of aliphatic hydroxyl groups excluding tert-OH is 1. The maximum absolute atomic E-state index is 13.6. The lowest BCUT2D eigenvalue weighted by Crippen LogP contribution is -2.04. The van der Waals surface area contributed by atoms with Crippen LogP contribution in [0.25, 0.3) is 0 Å². The Kier molecular flexibility index (Phi) is 3.89. The van der Waals surface area contributed by atoms with E-state index in [4.69, 9.17) is 0 Å². The number of hydrogen-bond acceptors (Lipinski definition) is 2. The Labute approximate surface area is 86.1 Å². The van der Waals surface area contributed by atoms with Crippen molar-refractivity contribution in [3.8, 4) is 0 Å². The lowest BCUT2D eigenvalue weighted by atomic mass is 10.1. The topological polar surface area (TPSA) is 20.2 Å². The van der Waals surface area contributed by atoms with Gasteiger partial charge in [-0.3, -0.25) is 0 Å². The summed E-state index contributed by atoms with van der Waals surface area (Å²) >= 11 is 1.19. The van der Waals surface area contributed by atoms with Gasteiger partial charge in [0.2, 0.25) is 0 Å². The second-order valence-electron chi connectivity index (χ2n) is 2.90. The maximum Gasteiger partial charge on any atom is 0.145 e. The van der Waals surface area contributed by atoms with Gasteiger partial charge in [-0.25, -0.2) is 8.78 Å². The molecule has 0 spiro atoms. The monoisotopic (exact) mass is 218 g/mol. The third-order valence-electron chi connectivity index (χ3n) is 2.03. The van der Waals surface area contributed by atoms with Gasteiger partial charge in [0.15, 0.2) is 0 Å². The molecule has 0 fully saturated rings. The number of benzene rings is 1. The van der Waals surface area contributed by atoms with E-state index >= 15 is 0 Å². The van der Waals surface area contributed by atoms with E-state index in [1.165, 1.54) is 23.9 Å². The minimum absolute atomic E-state index is 0.223. The first-order valence-corrected chi connectivity index (χ1v) is 5.54. The summed E-state index contributed by atoms with van der Waals surface area (Å²) in [5.74, 6) is -1.33. The number of thioether (sulfide) groups is 1. The first kappa shape index (κ1) is 11.5. The van der Waals surface area contributed by atoms with Crippen molar-refractivity contribution in [3.63, 3.8) is 0 Å². The largest absolute Gasteiger partial charge is 0.388 e. The van der Waals surface area contributed by atoms with Crippen molar-refractivity contribution >= 4 is 11.8 Å². The Morgan fingerprint density at radius 3 is 2.57 bits per heavy atom. The predicted octanol–water partition coefficient (Wildman–Crippen LogP) is 3.13. The maximum atomic E-state index is 13.6. The summed E-state index contributed by atoms with van der Waals surface area (Å²) in [5.41, 5.74) is -0.223. The van der Waals surface area contributed by atoms with E-state index in [9.17, 15) is 13.9 Å². The summed E-state index contributed by atoms with van der Waals surface area (Å²) in [7, 11) is 0. The highest BCUT2D eigenvalue weighted by Gasteiger charge is 2.18. The SMILES string of the molecule is CCC(O)c1c(F)ccc(SC)c1F. The first-order valence-electron chi connectivity index (χ1n) is 4.31. The third-order valence-corrected chi connectivity index (χ3v) is 2.79. The molecule has 0 aliphatic heterocycles. The minimum atomic E-state index is -1.07. The van der Waals surface area contributed by atoms with Crippen molar-refractivity contribution < 1.29 is 13.9 Å². The van der Waals surface area contributed by atoms with Crippen LogP contribution in [0.2, 0.25) is 0 Å². The number of halogens is 2. The average molecular weight is 218 g/mol. The van der Waals surface area contributed by atoms with Crippen LogP contribution in [-0.4, -0.2) is 11.4 Å². The lowest BCUT2D eigenvalue weighted by Gasteiger charge is -2.12. The van der Waals surface area contributed by atoms with E-state index in [1.807, 2.05) is 0 Å². The molecule has 0 aromatic heterocycles. The van der Waals surface area contributed by atoms with E-state index in [-0.39, 0.29) is 5.56 Å². The lowest BCUT2D eigenvalue weighted by molar-refractivity contribution is 0.163. The van der Waals surface area contributed by atoms with Crippen molar-refractivity contribution in [1.29, 1.82) is 0 Å². The Balaban J connectivity index is 3.25. The molecular weight excluding hydrogens is 206 g/mol. The van der Waals surface area contributed by atoms with Crippen LogP contribution in [0.3, 0.4) is 0 Å². The number of hydrogen-bond donors (Lipinski definition) is 1. The van der Waals surface area contributed by atoms with Crippen LogP contribution < -0.4 is 0 Å². The third kappa shape index (κ3) is 2.07. The first-order chi connectivity index (χ1) is 6.61. The smallest absolute Gasteiger partial charge is 0.145 e. The van der Waals surface area contributed by atoms with Crippen LogP contribution in [0.4, 0.5) is 8.78 Å². The molecule has 1 atom stereocenters. The summed E-state index contributed by atoms with van der Waals surface area (Å²) < 4.78 is 26.7.